The maximum Gasteiger partial charge on any atom is 0.234 e. The lowest BCUT2D eigenvalue weighted by molar-refractivity contribution is -0.123. The van der Waals surface area contributed by atoms with Crippen LogP contribution >= 0.6 is 11.3 Å². The zero-order chi connectivity index (χ0) is 17.8. The Morgan fingerprint density at radius 1 is 1.16 bits per heavy atom. The van der Waals surface area contributed by atoms with Crippen molar-refractivity contribution in [3.63, 3.8) is 0 Å². The van der Waals surface area contributed by atoms with Gasteiger partial charge in [0, 0.05) is 32.2 Å². The maximum absolute atomic E-state index is 12.1. The third-order valence-corrected chi connectivity index (χ3v) is 5.94. The van der Waals surface area contributed by atoms with E-state index in [-0.39, 0.29) is 11.9 Å². The van der Waals surface area contributed by atoms with Gasteiger partial charge in [0.1, 0.15) is 5.01 Å². The first kappa shape index (κ1) is 18.3. The van der Waals surface area contributed by atoms with Crippen LogP contribution in [0.3, 0.4) is 0 Å². The molecule has 1 atom stereocenters. The Morgan fingerprint density at radius 3 is 2.52 bits per heavy atom. The lowest BCUT2D eigenvalue weighted by atomic mass is 10.1. The van der Waals surface area contributed by atoms with Crippen molar-refractivity contribution in [2.75, 3.05) is 32.7 Å². The van der Waals surface area contributed by atoms with E-state index >= 15 is 0 Å². The van der Waals surface area contributed by atoms with E-state index in [1.807, 2.05) is 6.07 Å². The zero-order valence-electron chi connectivity index (χ0n) is 15.4. The van der Waals surface area contributed by atoms with Crippen LogP contribution < -0.4 is 5.32 Å². The number of nitrogens with zero attached hydrogens (tertiary/aromatic N) is 3. The SMILES string of the molecule is CC(C)[C@@H](C)NC(=O)CN1CCN(Cc2nc3ccccc3s2)CC1. The standard InChI is InChI=1S/C19H28N4OS/c1-14(2)15(3)20-18(24)12-22-8-10-23(11-9-22)13-19-21-16-6-4-5-7-17(16)25-19/h4-7,14-15H,8-13H2,1-3H3,(H,20,24)/t15-/m1/s1. The molecule has 1 aromatic heterocycles. The summed E-state index contributed by atoms with van der Waals surface area (Å²) in [6.45, 7) is 11.6. The van der Waals surface area contributed by atoms with E-state index in [1.165, 1.54) is 9.71 Å². The first-order valence-electron chi connectivity index (χ1n) is 9.10. The van der Waals surface area contributed by atoms with Gasteiger partial charge in [-0.05, 0) is 25.0 Å². The van der Waals surface area contributed by atoms with Gasteiger partial charge < -0.3 is 5.32 Å². The van der Waals surface area contributed by atoms with E-state index in [2.05, 4.69) is 54.1 Å². The van der Waals surface area contributed by atoms with Crippen LogP contribution in [0.25, 0.3) is 10.2 Å². The molecule has 1 aliphatic rings. The predicted molar refractivity (Wildman–Crippen MR) is 104 cm³/mol. The van der Waals surface area contributed by atoms with Crippen LogP contribution in [-0.4, -0.2) is 59.5 Å². The number of hydrogen-bond acceptors (Lipinski definition) is 5. The number of hydrogen-bond donors (Lipinski definition) is 1. The highest BCUT2D eigenvalue weighted by Gasteiger charge is 2.21. The number of nitrogens with one attached hydrogen (secondary N) is 1. The van der Waals surface area contributed by atoms with Crippen molar-refractivity contribution in [3.8, 4) is 0 Å². The highest BCUT2D eigenvalue weighted by molar-refractivity contribution is 7.18. The van der Waals surface area contributed by atoms with Crippen LogP contribution in [0.2, 0.25) is 0 Å². The number of carbonyl (C=O) groups excluding carboxylic acids is 1. The highest BCUT2D eigenvalue weighted by atomic mass is 32.1. The van der Waals surface area contributed by atoms with Gasteiger partial charge in [0.15, 0.2) is 0 Å². The number of aromatic nitrogens is 1. The molecule has 2 aromatic rings. The summed E-state index contributed by atoms with van der Waals surface area (Å²) in [4.78, 5) is 21.5. The Labute approximate surface area is 154 Å². The minimum absolute atomic E-state index is 0.140. The Bertz CT molecular complexity index is 673. The second-order valence-corrected chi connectivity index (χ2v) is 8.34. The van der Waals surface area contributed by atoms with Gasteiger partial charge in [0.2, 0.25) is 5.91 Å². The summed E-state index contributed by atoms with van der Waals surface area (Å²) in [6.07, 6.45) is 0. The monoisotopic (exact) mass is 360 g/mol. The first-order valence-corrected chi connectivity index (χ1v) is 9.91. The summed E-state index contributed by atoms with van der Waals surface area (Å²) in [5.41, 5.74) is 1.09. The Morgan fingerprint density at radius 2 is 1.84 bits per heavy atom. The molecule has 6 heteroatoms. The first-order chi connectivity index (χ1) is 12.0. The van der Waals surface area contributed by atoms with E-state index in [4.69, 9.17) is 4.98 Å². The molecule has 1 amide bonds. The molecule has 1 aromatic carbocycles. The molecule has 0 saturated carbocycles. The molecule has 25 heavy (non-hydrogen) atoms. The zero-order valence-corrected chi connectivity index (χ0v) is 16.2. The molecule has 0 spiro atoms. The number of para-hydroxylation sites is 1. The molecule has 1 saturated heterocycles. The highest BCUT2D eigenvalue weighted by Crippen LogP contribution is 2.22. The van der Waals surface area contributed by atoms with Crippen LogP contribution in [0.15, 0.2) is 24.3 Å². The Kier molecular flexibility index (Phi) is 6.04. The lowest BCUT2D eigenvalue weighted by Crippen LogP contribution is -2.50. The van der Waals surface area contributed by atoms with Crippen LogP contribution in [0.1, 0.15) is 25.8 Å². The Balaban J connectivity index is 1.44. The van der Waals surface area contributed by atoms with Crippen molar-refractivity contribution in [2.45, 2.75) is 33.4 Å². The minimum atomic E-state index is 0.140. The van der Waals surface area contributed by atoms with Gasteiger partial charge in [-0.15, -0.1) is 11.3 Å². The average molecular weight is 361 g/mol. The van der Waals surface area contributed by atoms with Gasteiger partial charge in [-0.25, -0.2) is 4.98 Å². The van der Waals surface area contributed by atoms with Crippen molar-refractivity contribution in [1.82, 2.24) is 20.1 Å². The van der Waals surface area contributed by atoms with Crippen molar-refractivity contribution in [2.24, 2.45) is 5.92 Å². The fraction of sp³-hybridized carbons (Fsp3) is 0.579. The molecule has 1 N–H and O–H groups in total. The van der Waals surface area contributed by atoms with Crippen LogP contribution in [0, 0.1) is 5.92 Å². The molecule has 1 fully saturated rings. The molecule has 0 aliphatic carbocycles. The summed E-state index contributed by atoms with van der Waals surface area (Å²) in [5.74, 6) is 0.607. The molecule has 3 rings (SSSR count). The molecule has 0 unspecified atom stereocenters. The second-order valence-electron chi connectivity index (χ2n) is 7.23. The van der Waals surface area contributed by atoms with E-state index < -0.39 is 0 Å². The van der Waals surface area contributed by atoms with E-state index in [1.54, 1.807) is 11.3 Å². The van der Waals surface area contributed by atoms with Crippen LogP contribution in [0.4, 0.5) is 0 Å². The number of piperazine rings is 1. The number of amides is 1. The molecule has 5 nitrogen and oxygen atoms in total. The smallest absolute Gasteiger partial charge is 0.234 e. The number of rotatable bonds is 6. The van der Waals surface area contributed by atoms with Crippen LogP contribution in [-0.2, 0) is 11.3 Å². The molecular weight excluding hydrogens is 332 g/mol. The quantitative estimate of drug-likeness (QED) is 0.860. The molecule has 0 bridgehead atoms. The normalized spacial score (nSPS) is 17.9. The third kappa shape index (κ3) is 5.00. The fourth-order valence-electron chi connectivity index (χ4n) is 2.95. The van der Waals surface area contributed by atoms with Gasteiger partial charge in [0.05, 0.1) is 23.3 Å². The molecular formula is C19H28N4OS. The molecule has 0 radical (unpaired) electrons. The number of carbonyl (C=O) groups is 1. The topological polar surface area (TPSA) is 48.5 Å². The largest absolute Gasteiger partial charge is 0.352 e. The van der Waals surface area contributed by atoms with Crippen LogP contribution in [0.5, 0.6) is 0 Å². The summed E-state index contributed by atoms with van der Waals surface area (Å²) < 4.78 is 1.26. The third-order valence-electron chi connectivity index (χ3n) is 4.92. The second kappa shape index (κ2) is 8.25. The molecule has 1 aliphatic heterocycles. The average Bonchev–Trinajstić information content (AvgIpc) is 2.98. The van der Waals surface area contributed by atoms with Gasteiger partial charge >= 0.3 is 0 Å². The predicted octanol–water partition coefficient (Wildman–Crippen LogP) is 2.57. The van der Waals surface area contributed by atoms with Gasteiger partial charge in [-0.1, -0.05) is 26.0 Å². The maximum atomic E-state index is 12.1. The summed E-state index contributed by atoms with van der Waals surface area (Å²) >= 11 is 1.78. The van der Waals surface area contributed by atoms with E-state index in [0.717, 1.165) is 38.2 Å². The lowest BCUT2D eigenvalue weighted by Gasteiger charge is -2.34. The fourth-order valence-corrected chi connectivity index (χ4v) is 3.96. The van der Waals surface area contributed by atoms with Gasteiger partial charge in [-0.3, -0.25) is 14.6 Å². The Hall–Kier alpha value is -1.50. The van der Waals surface area contributed by atoms with Crippen molar-refractivity contribution >= 4 is 27.5 Å². The van der Waals surface area contributed by atoms with Crippen molar-refractivity contribution in [1.29, 1.82) is 0 Å². The number of fused-ring (bicyclic) bond motifs is 1. The van der Waals surface area contributed by atoms with E-state index in [0.29, 0.717) is 12.5 Å². The summed E-state index contributed by atoms with van der Waals surface area (Å²) in [7, 11) is 0. The van der Waals surface area contributed by atoms with Crippen molar-refractivity contribution < 1.29 is 4.79 Å². The number of thiazole rings is 1. The minimum Gasteiger partial charge on any atom is -0.352 e. The summed E-state index contributed by atoms with van der Waals surface area (Å²) in [6, 6.07) is 8.53. The molecule has 136 valence electrons. The van der Waals surface area contributed by atoms with E-state index in [9.17, 15) is 4.79 Å². The van der Waals surface area contributed by atoms with Gasteiger partial charge in [0.25, 0.3) is 0 Å². The number of benzene rings is 1. The van der Waals surface area contributed by atoms with Gasteiger partial charge in [-0.2, -0.15) is 0 Å². The summed E-state index contributed by atoms with van der Waals surface area (Å²) in [5, 5.41) is 4.27. The molecule has 2 heterocycles. The van der Waals surface area contributed by atoms with Crippen molar-refractivity contribution in [3.05, 3.63) is 29.3 Å².